The third-order valence-electron chi connectivity index (χ3n) is 13.4. The lowest BCUT2D eigenvalue weighted by molar-refractivity contribution is 1.11. The summed E-state index contributed by atoms with van der Waals surface area (Å²) in [6, 6.07) is 82.4. The summed E-state index contributed by atoms with van der Waals surface area (Å²) in [5.74, 6) is 0.942. The highest BCUT2D eigenvalue weighted by atomic mass is 15.1. The molecule has 0 bridgehead atoms. The van der Waals surface area contributed by atoms with Crippen molar-refractivity contribution in [3.05, 3.63) is 230 Å². The molecule has 2 heteroatoms. The minimum absolute atomic E-state index is 0.942. The molecule has 0 aliphatic carbocycles. The summed E-state index contributed by atoms with van der Waals surface area (Å²) in [6.07, 6.45) is 0. The van der Waals surface area contributed by atoms with Gasteiger partial charge in [-0.2, -0.15) is 0 Å². The number of para-hydroxylation sites is 3. The minimum Gasteiger partial charge on any atom is -0.292 e. The Bertz CT molecular complexity index is 3910. The molecule has 1 aromatic heterocycles. The van der Waals surface area contributed by atoms with E-state index in [0.29, 0.717) is 0 Å². The van der Waals surface area contributed by atoms with Crippen LogP contribution < -0.4 is 0 Å². The Hall–Kier alpha value is -8.33. The second-order valence-electron chi connectivity index (χ2n) is 17.1. The van der Waals surface area contributed by atoms with E-state index in [0.717, 1.165) is 28.1 Å². The molecule has 0 fully saturated rings. The zero-order chi connectivity index (χ0) is 42.3. The number of imidazole rings is 1. The average molecular weight is 813 g/mol. The van der Waals surface area contributed by atoms with Gasteiger partial charge in [-0.1, -0.05) is 188 Å². The molecule has 0 radical (unpaired) electrons. The van der Waals surface area contributed by atoms with Gasteiger partial charge in [0, 0.05) is 11.3 Å². The highest BCUT2D eigenvalue weighted by Gasteiger charge is 2.23. The smallest absolute Gasteiger partial charge is 0.146 e. The third kappa shape index (κ3) is 5.63. The lowest BCUT2D eigenvalue weighted by atomic mass is 9.85. The number of hydrogen-bond donors (Lipinski definition) is 0. The Morgan fingerprint density at radius 3 is 1.12 bits per heavy atom. The van der Waals surface area contributed by atoms with Crippen molar-refractivity contribution in [1.82, 2.24) is 9.55 Å². The quantitative estimate of drug-likeness (QED) is 0.158. The summed E-state index contributed by atoms with van der Waals surface area (Å²) < 4.78 is 2.32. The topological polar surface area (TPSA) is 17.8 Å². The predicted molar refractivity (Wildman–Crippen MR) is 273 cm³/mol. The number of hydrogen-bond acceptors (Lipinski definition) is 1. The molecule has 0 saturated carbocycles. The Kier molecular flexibility index (Phi) is 8.16. The Balaban J connectivity index is 0.988. The van der Waals surface area contributed by atoms with E-state index >= 15 is 0 Å². The number of fused-ring (bicyclic) bond motifs is 7. The molecule has 13 aromatic rings. The minimum atomic E-state index is 0.942. The zero-order valence-electron chi connectivity index (χ0n) is 35.3. The second-order valence-corrected chi connectivity index (χ2v) is 17.1. The Morgan fingerprint density at radius 1 is 0.312 bits per heavy atom. The lowest BCUT2D eigenvalue weighted by Crippen LogP contribution is -1.99. The van der Waals surface area contributed by atoms with Gasteiger partial charge in [-0.3, -0.25) is 4.57 Å². The van der Waals surface area contributed by atoms with Gasteiger partial charge in [0.15, 0.2) is 0 Å². The van der Waals surface area contributed by atoms with Crippen LogP contribution in [0.5, 0.6) is 0 Å². The molecule has 0 amide bonds. The van der Waals surface area contributed by atoms with Gasteiger partial charge in [-0.05, 0) is 147 Å². The van der Waals surface area contributed by atoms with Crippen LogP contribution in [0.1, 0.15) is 5.56 Å². The highest BCUT2D eigenvalue weighted by Crippen LogP contribution is 2.47. The van der Waals surface area contributed by atoms with Gasteiger partial charge in [0.1, 0.15) is 5.82 Å². The molecule has 0 N–H and O–H groups in total. The number of rotatable bonds is 5. The fourth-order valence-corrected chi connectivity index (χ4v) is 10.5. The standard InChI is InChI=1S/C62H40N2/c1-39-27-28-41-36-44(32-29-40(41)35-39)58-48-17-5-7-19-50(48)59(51-20-8-6-18-49(51)58)45-33-30-43-38-46(34-31-42(43)37-45)60-52-21-9-11-23-54(52)61(55-24-12-10-22-53(55)60)62-63-56-25-13-14-26-57(56)64(62)47-15-3-2-4-16-47/h2-38H,1H3. The van der Waals surface area contributed by atoms with E-state index in [2.05, 4.69) is 236 Å². The molecular weight excluding hydrogens is 773 g/mol. The first-order valence-corrected chi connectivity index (χ1v) is 22.1. The maximum atomic E-state index is 5.37. The molecule has 0 spiro atoms. The summed E-state index contributed by atoms with van der Waals surface area (Å²) in [5, 5.41) is 14.8. The van der Waals surface area contributed by atoms with Crippen molar-refractivity contribution in [3.8, 4) is 50.5 Å². The van der Waals surface area contributed by atoms with Crippen molar-refractivity contribution in [2.75, 3.05) is 0 Å². The molecule has 1 heterocycles. The van der Waals surface area contributed by atoms with E-state index < -0.39 is 0 Å². The third-order valence-corrected chi connectivity index (χ3v) is 13.4. The van der Waals surface area contributed by atoms with Crippen LogP contribution in [0.4, 0.5) is 0 Å². The van der Waals surface area contributed by atoms with Crippen molar-refractivity contribution in [3.63, 3.8) is 0 Å². The summed E-state index contributed by atoms with van der Waals surface area (Å²) in [5.41, 5.74) is 13.0. The number of nitrogens with zero attached hydrogens (tertiary/aromatic N) is 2. The van der Waals surface area contributed by atoms with E-state index in [-0.39, 0.29) is 0 Å². The first kappa shape index (κ1) is 36.3. The van der Waals surface area contributed by atoms with Crippen LogP contribution in [0.3, 0.4) is 0 Å². The average Bonchev–Trinajstić information content (AvgIpc) is 3.73. The van der Waals surface area contributed by atoms with Crippen LogP contribution in [0.15, 0.2) is 224 Å². The van der Waals surface area contributed by atoms with E-state index in [1.54, 1.807) is 0 Å². The summed E-state index contributed by atoms with van der Waals surface area (Å²) in [6.45, 7) is 2.16. The predicted octanol–water partition coefficient (Wildman–Crippen LogP) is 16.9. The first-order valence-electron chi connectivity index (χ1n) is 22.1. The van der Waals surface area contributed by atoms with Gasteiger partial charge < -0.3 is 0 Å². The Morgan fingerprint density at radius 2 is 0.672 bits per heavy atom. The zero-order valence-corrected chi connectivity index (χ0v) is 35.3. The molecular formula is C62H40N2. The fraction of sp³-hybridized carbons (Fsp3) is 0.0161. The molecule has 64 heavy (non-hydrogen) atoms. The van der Waals surface area contributed by atoms with Crippen LogP contribution >= 0.6 is 0 Å². The van der Waals surface area contributed by atoms with Crippen LogP contribution in [-0.4, -0.2) is 9.55 Å². The van der Waals surface area contributed by atoms with Crippen molar-refractivity contribution in [2.24, 2.45) is 0 Å². The monoisotopic (exact) mass is 812 g/mol. The van der Waals surface area contributed by atoms with E-state index in [1.807, 2.05) is 0 Å². The van der Waals surface area contributed by atoms with Gasteiger partial charge >= 0.3 is 0 Å². The maximum Gasteiger partial charge on any atom is 0.146 e. The van der Waals surface area contributed by atoms with Crippen molar-refractivity contribution < 1.29 is 0 Å². The van der Waals surface area contributed by atoms with Gasteiger partial charge in [0.25, 0.3) is 0 Å². The van der Waals surface area contributed by atoms with Crippen molar-refractivity contribution >= 4 is 75.7 Å². The van der Waals surface area contributed by atoms with Crippen molar-refractivity contribution in [1.29, 1.82) is 0 Å². The largest absolute Gasteiger partial charge is 0.292 e. The molecule has 0 aliphatic rings. The van der Waals surface area contributed by atoms with Gasteiger partial charge in [-0.25, -0.2) is 4.98 Å². The Labute approximate surface area is 370 Å². The number of benzene rings is 12. The van der Waals surface area contributed by atoms with E-state index in [9.17, 15) is 0 Å². The number of aromatic nitrogens is 2. The molecule has 0 atom stereocenters. The highest BCUT2D eigenvalue weighted by molar-refractivity contribution is 6.23. The van der Waals surface area contributed by atoms with Crippen LogP contribution in [0, 0.1) is 6.92 Å². The van der Waals surface area contributed by atoms with E-state index in [1.165, 1.54) is 104 Å². The first-order chi connectivity index (χ1) is 31.7. The SMILES string of the molecule is Cc1ccc2cc(-c3c4ccccc4c(-c4ccc5cc(-c6c7ccccc7c(-c7nc8ccccc8n7-c7ccccc7)c7ccccc67)ccc5c4)c4ccccc34)ccc2c1. The molecule has 2 nitrogen and oxygen atoms in total. The lowest BCUT2D eigenvalue weighted by Gasteiger charge is -2.19. The molecule has 0 aliphatic heterocycles. The van der Waals surface area contributed by atoms with Crippen molar-refractivity contribution in [2.45, 2.75) is 6.92 Å². The summed E-state index contributed by atoms with van der Waals surface area (Å²) in [7, 11) is 0. The molecule has 13 rings (SSSR count). The molecule has 0 saturated heterocycles. The van der Waals surface area contributed by atoms with Crippen LogP contribution in [-0.2, 0) is 0 Å². The summed E-state index contributed by atoms with van der Waals surface area (Å²) >= 11 is 0. The molecule has 12 aromatic carbocycles. The van der Waals surface area contributed by atoms with Crippen LogP contribution in [0.2, 0.25) is 0 Å². The fourth-order valence-electron chi connectivity index (χ4n) is 10.5. The van der Waals surface area contributed by atoms with Gasteiger partial charge in [0.2, 0.25) is 0 Å². The molecule has 0 unspecified atom stereocenters. The van der Waals surface area contributed by atoms with Crippen LogP contribution in [0.25, 0.3) is 126 Å². The maximum absolute atomic E-state index is 5.37. The normalized spacial score (nSPS) is 11.8. The molecule has 298 valence electrons. The van der Waals surface area contributed by atoms with E-state index in [4.69, 9.17) is 4.98 Å². The second kappa shape index (κ2) is 14.4. The van der Waals surface area contributed by atoms with Gasteiger partial charge in [-0.15, -0.1) is 0 Å². The number of aryl methyl sites for hydroxylation is 1. The van der Waals surface area contributed by atoms with Gasteiger partial charge in [0.05, 0.1) is 11.0 Å². The summed E-state index contributed by atoms with van der Waals surface area (Å²) in [4.78, 5) is 5.37.